The van der Waals surface area contributed by atoms with Crippen LogP contribution in [0.25, 0.3) is 0 Å². The average Bonchev–Trinajstić information content (AvgIpc) is 2.10. The SMILES string of the molecule is CC(C)C(CO)NC(=O)C(C)S(C)(=O)=O. The zero-order valence-electron chi connectivity index (χ0n) is 9.52. The minimum absolute atomic E-state index is 0.0608. The van der Waals surface area contributed by atoms with Crippen LogP contribution in [0.3, 0.4) is 0 Å². The highest BCUT2D eigenvalue weighted by Crippen LogP contribution is 2.03. The predicted octanol–water partition coefficient (Wildman–Crippen LogP) is -0.447. The van der Waals surface area contributed by atoms with Gasteiger partial charge in [-0.3, -0.25) is 4.79 Å². The van der Waals surface area contributed by atoms with Crippen LogP contribution in [0, 0.1) is 5.92 Å². The average molecular weight is 237 g/mol. The van der Waals surface area contributed by atoms with E-state index in [9.17, 15) is 13.2 Å². The van der Waals surface area contributed by atoms with Crippen molar-refractivity contribution in [2.75, 3.05) is 12.9 Å². The number of hydrogen-bond acceptors (Lipinski definition) is 4. The highest BCUT2D eigenvalue weighted by Gasteiger charge is 2.26. The Morgan fingerprint density at radius 1 is 1.33 bits per heavy atom. The van der Waals surface area contributed by atoms with Crippen LogP contribution in [0.4, 0.5) is 0 Å². The third-order valence-electron chi connectivity index (χ3n) is 2.34. The normalized spacial score (nSPS) is 16.1. The maximum absolute atomic E-state index is 11.5. The first-order chi connectivity index (χ1) is 6.70. The fourth-order valence-electron chi connectivity index (χ4n) is 0.918. The summed E-state index contributed by atoms with van der Waals surface area (Å²) in [6, 6.07) is -0.401. The van der Waals surface area contributed by atoms with E-state index in [-0.39, 0.29) is 12.5 Å². The van der Waals surface area contributed by atoms with Gasteiger partial charge in [0.1, 0.15) is 5.25 Å². The maximum Gasteiger partial charge on any atom is 0.238 e. The zero-order valence-corrected chi connectivity index (χ0v) is 10.3. The number of aliphatic hydroxyl groups is 1. The number of carbonyl (C=O) groups is 1. The number of sulfone groups is 1. The molecule has 1 amide bonds. The Morgan fingerprint density at radius 2 is 1.80 bits per heavy atom. The van der Waals surface area contributed by atoms with E-state index < -0.39 is 27.0 Å². The molecular weight excluding hydrogens is 218 g/mol. The molecule has 0 aliphatic rings. The highest BCUT2D eigenvalue weighted by atomic mass is 32.2. The van der Waals surface area contributed by atoms with Crippen LogP contribution in [0.5, 0.6) is 0 Å². The number of rotatable bonds is 5. The smallest absolute Gasteiger partial charge is 0.238 e. The molecule has 5 nitrogen and oxygen atoms in total. The summed E-state index contributed by atoms with van der Waals surface area (Å²) in [7, 11) is -3.38. The molecule has 2 N–H and O–H groups in total. The van der Waals surface area contributed by atoms with E-state index in [4.69, 9.17) is 5.11 Å². The molecule has 0 bridgehead atoms. The van der Waals surface area contributed by atoms with E-state index in [1.165, 1.54) is 6.92 Å². The lowest BCUT2D eigenvalue weighted by molar-refractivity contribution is -0.121. The van der Waals surface area contributed by atoms with Gasteiger partial charge in [-0.15, -0.1) is 0 Å². The second kappa shape index (κ2) is 5.46. The van der Waals surface area contributed by atoms with Crippen LogP contribution in [0.2, 0.25) is 0 Å². The molecule has 0 fully saturated rings. The number of carbonyl (C=O) groups excluding carboxylic acids is 1. The first-order valence-corrected chi connectivity index (χ1v) is 6.75. The molecule has 0 saturated heterocycles. The van der Waals surface area contributed by atoms with Crippen molar-refractivity contribution in [3.63, 3.8) is 0 Å². The fraction of sp³-hybridized carbons (Fsp3) is 0.889. The quantitative estimate of drug-likeness (QED) is 0.678. The lowest BCUT2D eigenvalue weighted by Gasteiger charge is -2.21. The number of aliphatic hydroxyl groups excluding tert-OH is 1. The molecule has 0 radical (unpaired) electrons. The molecule has 0 aliphatic heterocycles. The van der Waals surface area contributed by atoms with Gasteiger partial charge in [0.15, 0.2) is 9.84 Å². The van der Waals surface area contributed by atoms with Gasteiger partial charge in [0, 0.05) is 6.26 Å². The molecule has 0 heterocycles. The van der Waals surface area contributed by atoms with Crippen molar-refractivity contribution in [3.8, 4) is 0 Å². The monoisotopic (exact) mass is 237 g/mol. The first-order valence-electron chi connectivity index (χ1n) is 4.80. The van der Waals surface area contributed by atoms with Crippen LogP contribution in [-0.2, 0) is 14.6 Å². The van der Waals surface area contributed by atoms with E-state index >= 15 is 0 Å². The number of hydrogen-bond donors (Lipinski definition) is 2. The minimum Gasteiger partial charge on any atom is -0.394 e. The van der Waals surface area contributed by atoms with Gasteiger partial charge in [0.25, 0.3) is 0 Å². The molecule has 6 heteroatoms. The van der Waals surface area contributed by atoms with Crippen molar-refractivity contribution < 1.29 is 18.3 Å². The molecular formula is C9H19NO4S. The molecule has 15 heavy (non-hydrogen) atoms. The summed E-state index contributed by atoms with van der Waals surface area (Å²) in [5.41, 5.74) is 0. The van der Waals surface area contributed by atoms with Crippen LogP contribution >= 0.6 is 0 Å². The van der Waals surface area contributed by atoms with E-state index in [0.29, 0.717) is 0 Å². The Hall–Kier alpha value is -0.620. The molecule has 0 saturated carbocycles. The Balaban J connectivity index is 4.49. The van der Waals surface area contributed by atoms with Crippen LogP contribution in [-0.4, -0.2) is 43.6 Å². The minimum atomic E-state index is -3.38. The maximum atomic E-state index is 11.5. The second-order valence-electron chi connectivity index (χ2n) is 4.01. The first kappa shape index (κ1) is 14.4. The van der Waals surface area contributed by atoms with Crippen molar-refractivity contribution in [3.05, 3.63) is 0 Å². The molecule has 90 valence electrons. The zero-order chi connectivity index (χ0) is 12.2. The second-order valence-corrected chi connectivity index (χ2v) is 6.38. The largest absolute Gasteiger partial charge is 0.394 e. The van der Waals surface area contributed by atoms with E-state index in [1.807, 2.05) is 13.8 Å². The van der Waals surface area contributed by atoms with E-state index in [2.05, 4.69) is 5.32 Å². The highest BCUT2D eigenvalue weighted by molar-refractivity contribution is 7.92. The van der Waals surface area contributed by atoms with Gasteiger partial charge < -0.3 is 10.4 Å². The van der Waals surface area contributed by atoms with Gasteiger partial charge in [0.2, 0.25) is 5.91 Å². The van der Waals surface area contributed by atoms with Crippen LogP contribution in [0.1, 0.15) is 20.8 Å². The van der Waals surface area contributed by atoms with Gasteiger partial charge in [-0.1, -0.05) is 13.8 Å². The van der Waals surface area contributed by atoms with Crippen molar-refractivity contribution >= 4 is 15.7 Å². The molecule has 0 aromatic carbocycles. The van der Waals surface area contributed by atoms with Gasteiger partial charge in [-0.2, -0.15) is 0 Å². The standard InChI is InChI=1S/C9H19NO4S/c1-6(2)8(5-11)10-9(12)7(3)15(4,13)14/h6-8,11H,5H2,1-4H3,(H,10,12). The summed E-state index contributed by atoms with van der Waals surface area (Å²) in [6.45, 7) is 4.82. The summed E-state index contributed by atoms with van der Waals surface area (Å²) >= 11 is 0. The predicted molar refractivity (Wildman–Crippen MR) is 58.2 cm³/mol. The van der Waals surface area contributed by atoms with Crippen LogP contribution < -0.4 is 5.32 Å². The van der Waals surface area contributed by atoms with Crippen molar-refractivity contribution in [2.45, 2.75) is 32.1 Å². The number of amides is 1. The Morgan fingerprint density at radius 3 is 2.07 bits per heavy atom. The molecule has 2 atom stereocenters. The molecule has 0 aromatic rings. The van der Waals surface area contributed by atoms with E-state index in [1.54, 1.807) is 0 Å². The summed E-state index contributed by atoms with van der Waals surface area (Å²) in [5.74, 6) is -0.504. The summed E-state index contributed by atoms with van der Waals surface area (Å²) in [4.78, 5) is 11.5. The van der Waals surface area contributed by atoms with Crippen molar-refractivity contribution in [1.29, 1.82) is 0 Å². The lowest BCUT2D eigenvalue weighted by Crippen LogP contribution is -2.46. The molecule has 0 aromatic heterocycles. The summed E-state index contributed by atoms with van der Waals surface area (Å²) in [5, 5.41) is 10.4. The fourth-order valence-corrected chi connectivity index (χ4v) is 1.37. The topological polar surface area (TPSA) is 83.5 Å². The van der Waals surface area contributed by atoms with Gasteiger partial charge in [0.05, 0.1) is 12.6 Å². The number of nitrogens with one attached hydrogen (secondary N) is 1. The lowest BCUT2D eigenvalue weighted by atomic mass is 10.1. The third-order valence-corrected chi connectivity index (χ3v) is 3.84. The summed E-state index contributed by atoms with van der Waals surface area (Å²) in [6.07, 6.45) is 1.01. The molecule has 0 aliphatic carbocycles. The van der Waals surface area contributed by atoms with Crippen molar-refractivity contribution in [2.24, 2.45) is 5.92 Å². The molecule has 0 spiro atoms. The third kappa shape index (κ3) is 4.61. The Labute approximate surface area is 90.8 Å². The summed E-state index contributed by atoms with van der Waals surface area (Å²) < 4.78 is 22.2. The molecule has 0 rings (SSSR count). The Bertz CT molecular complexity index is 310. The van der Waals surface area contributed by atoms with Gasteiger partial charge in [-0.05, 0) is 12.8 Å². The van der Waals surface area contributed by atoms with Gasteiger partial charge >= 0.3 is 0 Å². The van der Waals surface area contributed by atoms with Crippen molar-refractivity contribution in [1.82, 2.24) is 5.32 Å². The molecule has 2 unspecified atom stereocenters. The van der Waals surface area contributed by atoms with Crippen LogP contribution in [0.15, 0.2) is 0 Å². The Kier molecular flexibility index (Phi) is 5.23. The van der Waals surface area contributed by atoms with Gasteiger partial charge in [-0.25, -0.2) is 8.42 Å². The van der Waals surface area contributed by atoms with E-state index in [0.717, 1.165) is 6.26 Å².